The standard InChI is InChI=1S/C42H68O13/c1-20-10-15-42(37(51)55-36-34(50)32(48)30(46)24(19-44)53-36)17-16-40(6)22(28(42)21(20)2)8-9-26-39(5)13-12-27(38(3,4)25(39)11-14-41(26,40)7)54-35-33(49)31(47)29(45)23(18-43)52-35/h8,20-21,23-36,43-50H,9-19H2,1-7H3/t20-,21+,23-,24-,25+,26-,27+,28?,29-,30-,31+,32+,33-,34-,35+,36+,39+,40-,41-,42+/m1/s1. The van der Waals surface area contributed by atoms with Gasteiger partial charge in [0.15, 0.2) is 6.29 Å². The van der Waals surface area contributed by atoms with Crippen LogP contribution in [0.5, 0.6) is 0 Å². The molecule has 55 heavy (non-hydrogen) atoms. The van der Waals surface area contributed by atoms with Gasteiger partial charge in [0.1, 0.15) is 48.8 Å². The van der Waals surface area contributed by atoms with E-state index in [1.54, 1.807) is 0 Å². The molecule has 2 saturated heterocycles. The van der Waals surface area contributed by atoms with Gasteiger partial charge in [-0.1, -0.05) is 60.1 Å². The summed E-state index contributed by atoms with van der Waals surface area (Å²) in [4.78, 5) is 14.6. The molecule has 1 unspecified atom stereocenters. The van der Waals surface area contributed by atoms with Crippen LogP contribution in [0.4, 0.5) is 0 Å². The van der Waals surface area contributed by atoms with E-state index in [9.17, 15) is 45.6 Å². The fourth-order valence-electron chi connectivity index (χ4n) is 13.8. The van der Waals surface area contributed by atoms with E-state index >= 15 is 0 Å². The second-order valence-corrected chi connectivity index (χ2v) is 20.1. The van der Waals surface area contributed by atoms with Crippen LogP contribution in [0.25, 0.3) is 0 Å². The van der Waals surface area contributed by atoms with Crippen molar-refractivity contribution in [3.05, 3.63) is 11.6 Å². The number of carbonyl (C=O) groups is 1. The third-order valence-corrected chi connectivity index (χ3v) is 17.6. The lowest BCUT2D eigenvalue weighted by Crippen LogP contribution is -2.66. The summed E-state index contributed by atoms with van der Waals surface area (Å²) in [6, 6.07) is 0. The van der Waals surface area contributed by atoms with Crippen molar-refractivity contribution in [3.8, 4) is 0 Å². The first-order valence-corrected chi connectivity index (χ1v) is 20.9. The first-order chi connectivity index (χ1) is 25.7. The number of rotatable bonds is 6. The summed E-state index contributed by atoms with van der Waals surface area (Å²) < 4.78 is 23.9. The molecular weight excluding hydrogens is 712 g/mol. The Bertz CT molecular complexity index is 1470. The van der Waals surface area contributed by atoms with Crippen molar-refractivity contribution in [2.45, 2.75) is 174 Å². The van der Waals surface area contributed by atoms with Crippen LogP contribution in [0.2, 0.25) is 0 Å². The number of aliphatic hydroxyl groups excluding tert-OH is 8. The quantitative estimate of drug-likeness (QED) is 0.110. The Hall–Kier alpha value is -1.23. The first-order valence-electron chi connectivity index (χ1n) is 20.9. The zero-order valence-electron chi connectivity index (χ0n) is 33.7. The van der Waals surface area contributed by atoms with E-state index in [1.807, 2.05) is 0 Å². The number of fused-ring (bicyclic) bond motifs is 7. The van der Waals surface area contributed by atoms with E-state index < -0.39 is 86.0 Å². The third-order valence-electron chi connectivity index (χ3n) is 17.6. The van der Waals surface area contributed by atoms with E-state index in [2.05, 4.69) is 54.5 Å². The summed E-state index contributed by atoms with van der Waals surface area (Å²) in [5.41, 5.74) is -0.136. The van der Waals surface area contributed by atoms with E-state index in [0.29, 0.717) is 24.7 Å². The highest BCUT2D eigenvalue weighted by Gasteiger charge is 2.70. The van der Waals surface area contributed by atoms with Crippen molar-refractivity contribution in [3.63, 3.8) is 0 Å². The van der Waals surface area contributed by atoms with Crippen LogP contribution in [0.3, 0.4) is 0 Å². The molecule has 6 fully saturated rings. The molecule has 0 bridgehead atoms. The number of hydrogen-bond donors (Lipinski definition) is 8. The fraction of sp³-hybridized carbons (Fsp3) is 0.929. The van der Waals surface area contributed by atoms with Gasteiger partial charge in [0.25, 0.3) is 0 Å². The van der Waals surface area contributed by atoms with E-state index in [4.69, 9.17) is 18.9 Å². The Balaban J connectivity index is 1.16. The summed E-state index contributed by atoms with van der Waals surface area (Å²) in [5, 5.41) is 82.7. The molecule has 8 N–H and O–H groups in total. The average Bonchev–Trinajstić information content (AvgIpc) is 3.14. The highest BCUT2D eigenvalue weighted by molar-refractivity contribution is 5.79. The SMILES string of the molecule is C[C@@H]1CC[C@]2(C(=O)O[C@@H]3O[C@H](CO)[C@@H](O)[C@H](O)[C@H]3O)CC[C@]3(C)C(=CC[C@@H]4[C@@]5(C)CC[C@H](O[C@@H]6O[C@H](CO)[C@@H](O)[C@H](O)[C@H]6O)C(C)(C)[C@@H]5CC[C@]43C)C2[C@H]1C. The van der Waals surface area contributed by atoms with Gasteiger partial charge >= 0.3 is 5.97 Å². The maximum absolute atomic E-state index is 14.6. The van der Waals surface area contributed by atoms with Crippen LogP contribution in [-0.2, 0) is 23.7 Å². The minimum atomic E-state index is -1.66. The summed E-state index contributed by atoms with van der Waals surface area (Å²) >= 11 is 0. The Labute approximate surface area is 325 Å². The second kappa shape index (κ2) is 14.5. The smallest absolute Gasteiger partial charge is 0.315 e. The number of hydrogen-bond acceptors (Lipinski definition) is 13. The molecule has 13 heteroatoms. The third kappa shape index (κ3) is 6.06. The van der Waals surface area contributed by atoms with Crippen molar-refractivity contribution in [1.29, 1.82) is 0 Å². The van der Waals surface area contributed by atoms with Crippen molar-refractivity contribution in [2.75, 3.05) is 13.2 Å². The number of aliphatic hydroxyl groups is 8. The van der Waals surface area contributed by atoms with Gasteiger partial charge in [-0.15, -0.1) is 0 Å². The molecule has 20 atom stereocenters. The molecule has 2 heterocycles. The molecule has 13 nitrogen and oxygen atoms in total. The molecule has 0 spiro atoms. The maximum atomic E-state index is 14.6. The van der Waals surface area contributed by atoms with Crippen molar-refractivity contribution < 1.29 is 64.6 Å². The molecule has 0 radical (unpaired) electrons. The molecule has 2 aliphatic heterocycles. The zero-order chi connectivity index (χ0) is 40.2. The van der Waals surface area contributed by atoms with Gasteiger partial charge in [-0.25, -0.2) is 0 Å². The number of ether oxygens (including phenoxy) is 4. The van der Waals surface area contributed by atoms with Gasteiger partial charge < -0.3 is 59.8 Å². The monoisotopic (exact) mass is 780 g/mol. The number of allylic oxidation sites excluding steroid dienone is 2. The second-order valence-electron chi connectivity index (χ2n) is 20.1. The Morgan fingerprint density at radius 1 is 0.727 bits per heavy atom. The van der Waals surface area contributed by atoms with Crippen molar-refractivity contribution >= 4 is 5.97 Å². The van der Waals surface area contributed by atoms with Crippen molar-refractivity contribution in [2.24, 2.45) is 56.7 Å². The zero-order valence-corrected chi connectivity index (χ0v) is 33.7. The first kappa shape index (κ1) is 41.9. The summed E-state index contributed by atoms with van der Waals surface area (Å²) in [7, 11) is 0. The van der Waals surface area contributed by atoms with Gasteiger partial charge in [0.2, 0.25) is 6.29 Å². The lowest BCUT2D eigenvalue weighted by Gasteiger charge is -2.71. The highest BCUT2D eigenvalue weighted by Crippen LogP contribution is 2.76. The lowest BCUT2D eigenvalue weighted by atomic mass is 9.33. The predicted octanol–water partition coefficient (Wildman–Crippen LogP) is 2.17. The Morgan fingerprint density at radius 2 is 1.33 bits per heavy atom. The van der Waals surface area contributed by atoms with Crippen LogP contribution in [0, 0.1) is 56.7 Å². The summed E-state index contributed by atoms with van der Waals surface area (Å²) in [6.45, 7) is 15.2. The van der Waals surface area contributed by atoms with Crippen molar-refractivity contribution in [1.82, 2.24) is 0 Å². The van der Waals surface area contributed by atoms with E-state index in [1.165, 1.54) is 5.57 Å². The molecule has 314 valence electrons. The molecule has 0 aromatic rings. The predicted molar refractivity (Wildman–Crippen MR) is 197 cm³/mol. The molecular formula is C42H68O13. The summed E-state index contributed by atoms with van der Waals surface area (Å²) in [6.07, 6.45) is -4.58. The molecule has 7 rings (SSSR count). The molecule has 0 aromatic heterocycles. The minimum absolute atomic E-state index is 0.0428. The molecule has 0 amide bonds. The van der Waals surface area contributed by atoms with Gasteiger partial charge in [0.05, 0.1) is 24.7 Å². The van der Waals surface area contributed by atoms with Gasteiger partial charge in [0, 0.05) is 0 Å². The van der Waals surface area contributed by atoms with Crippen LogP contribution < -0.4 is 0 Å². The lowest BCUT2D eigenvalue weighted by molar-refractivity contribution is -0.330. The van der Waals surface area contributed by atoms with Gasteiger partial charge in [-0.3, -0.25) is 4.79 Å². The highest BCUT2D eigenvalue weighted by atomic mass is 16.7. The topological polar surface area (TPSA) is 216 Å². The normalized spacial score (nSPS) is 54.9. The molecule has 5 aliphatic carbocycles. The summed E-state index contributed by atoms with van der Waals surface area (Å²) in [5.74, 6) is 0.652. The largest absolute Gasteiger partial charge is 0.432 e. The maximum Gasteiger partial charge on any atom is 0.315 e. The van der Waals surface area contributed by atoms with Crippen LogP contribution >= 0.6 is 0 Å². The van der Waals surface area contributed by atoms with Gasteiger partial charge in [-0.05, 0) is 109 Å². The molecule has 7 aliphatic rings. The molecule has 0 aromatic carbocycles. The Morgan fingerprint density at radius 3 is 1.95 bits per heavy atom. The fourth-order valence-corrected chi connectivity index (χ4v) is 13.8. The number of esters is 1. The van der Waals surface area contributed by atoms with Gasteiger partial charge in [-0.2, -0.15) is 0 Å². The van der Waals surface area contributed by atoms with Crippen LogP contribution in [0.15, 0.2) is 11.6 Å². The minimum Gasteiger partial charge on any atom is -0.432 e. The average molecular weight is 781 g/mol. The van der Waals surface area contributed by atoms with E-state index in [0.717, 1.165) is 44.9 Å². The van der Waals surface area contributed by atoms with Crippen LogP contribution in [0.1, 0.15) is 106 Å². The Kier molecular flexibility index (Phi) is 11.0. The van der Waals surface area contributed by atoms with Crippen LogP contribution in [-0.4, -0.2) is 128 Å². The molecule has 4 saturated carbocycles. The number of carbonyl (C=O) groups excluding carboxylic acids is 1. The van der Waals surface area contributed by atoms with E-state index in [-0.39, 0.29) is 45.5 Å².